The van der Waals surface area contributed by atoms with Crippen LogP contribution in [0.3, 0.4) is 0 Å². The van der Waals surface area contributed by atoms with Crippen LogP contribution in [0.1, 0.15) is 11.1 Å². The molecule has 32 heavy (non-hydrogen) atoms. The molecule has 0 radical (unpaired) electrons. The number of aryl methyl sites for hydroxylation is 2. The third-order valence-electron chi connectivity index (χ3n) is 3.51. The van der Waals surface area contributed by atoms with Gasteiger partial charge in [-0.25, -0.2) is 0 Å². The van der Waals surface area contributed by atoms with Crippen LogP contribution in [0.4, 0.5) is 17.1 Å². The normalized spacial score (nSPS) is 9.44. The highest BCUT2D eigenvalue weighted by molar-refractivity contribution is 5.64. The number of aromatic hydroxyl groups is 1. The largest absolute Gasteiger partial charge is 0.863 e. The van der Waals surface area contributed by atoms with E-state index in [0.29, 0.717) is 12.1 Å². The average molecular weight is 447 g/mol. The summed E-state index contributed by atoms with van der Waals surface area (Å²) in [6.07, 6.45) is 3.34. The summed E-state index contributed by atoms with van der Waals surface area (Å²) >= 11 is 0. The molecule has 0 spiro atoms. The minimum atomic E-state index is -1.46. The number of H-pyrrole nitrogens is 2. The molecule has 0 atom stereocenters. The molecule has 14 heteroatoms. The number of pyridine rings is 2. The van der Waals surface area contributed by atoms with Crippen LogP contribution in [-0.2, 0) is 0 Å². The van der Waals surface area contributed by atoms with Crippen molar-refractivity contribution in [2.45, 2.75) is 13.8 Å². The maximum atomic E-state index is 11.1. The molecule has 14 nitrogen and oxygen atoms in total. The van der Waals surface area contributed by atoms with E-state index in [9.17, 15) is 40.2 Å². The summed E-state index contributed by atoms with van der Waals surface area (Å²) in [6, 6.07) is 7.73. The molecule has 0 amide bonds. The van der Waals surface area contributed by atoms with Gasteiger partial charge in [-0.1, -0.05) is 0 Å². The molecule has 3 rings (SSSR count). The lowest BCUT2D eigenvalue weighted by atomic mass is 10.2. The zero-order valence-electron chi connectivity index (χ0n) is 16.7. The lowest BCUT2D eigenvalue weighted by Crippen LogP contribution is -2.04. The lowest BCUT2D eigenvalue weighted by molar-refractivity contribution is -0.420. The van der Waals surface area contributed by atoms with Gasteiger partial charge in [0.1, 0.15) is 0 Å². The first kappa shape index (κ1) is 25.2. The molecule has 168 valence electrons. The van der Waals surface area contributed by atoms with E-state index >= 15 is 0 Å². The summed E-state index contributed by atoms with van der Waals surface area (Å²) in [5, 5.41) is 50.9. The Bertz CT molecular complexity index is 1140. The second kappa shape index (κ2) is 11.3. The molecule has 0 saturated heterocycles. The van der Waals surface area contributed by atoms with E-state index in [0.717, 1.165) is 11.1 Å². The van der Waals surface area contributed by atoms with Gasteiger partial charge in [-0.05, 0) is 31.0 Å². The number of non-ortho nitro benzene ring substituents is 1. The van der Waals surface area contributed by atoms with Crippen molar-refractivity contribution in [1.29, 1.82) is 0 Å². The molecule has 1 aromatic carbocycles. The SMILES string of the molecule is Cc1cc[nH+]c(O)c1.Cc1cc[nH]c(=O)c1.O=[N+]([O-])c1cc([N+](=O)[O-])c([O-])c([N+](=O)[O-])c1. The molecule has 0 aliphatic heterocycles. The molecular formula is C18H17N5O9. The molecule has 0 unspecified atom stereocenters. The van der Waals surface area contributed by atoms with Crippen LogP contribution in [0.25, 0.3) is 0 Å². The van der Waals surface area contributed by atoms with E-state index in [-0.39, 0.29) is 11.4 Å². The second-order valence-electron chi connectivity index (χ2n) is 6.07. The Balaban J connectivity index is 0.000000267. The summed E-state index contributed by atoms with van der Waals surface area (Å²) in [6.45, 7) is 3.81. The first-order valence-corrected chi connectivity index (χ1v) is 8.53. The smallest absolute Gasteiger partial charge is 0.363 e. The molecule has 3 aromatic rings. The Labute approximate surface area is 178 Å². The molecule has 0 bridgehead atoms. The Morgan fingerprint density at radius 2 is 1.41 bits per heavy atom. The predicted molar refractivity (Wildman–Crippen MR) is 107 cm³/mol. The Kier molecular flexibility index (Phi) is 8.92. The minimum absolute atomic E-state index is 0.0370. The number of rotatable bonds is 3. The van der Waals surface area contributed by atoms with E-state index in [2.05, 4.69) is 9.97 Å². The van der Waals surface area contributed by atoms with Gasteiger partial charge >= 0.3 is 5.88 Å². The third kappa shape index (κ3) is 7.86. The number of nitro benzene ring substituents is 3. The molecule has 0 saturated carbocycles. The van der Waals surface area contributed by atoms with E-state index < -0.39 is 37.6 Å². The van der Waals surface area contributed by atoms with Crippen molar-refractivity contribution in [2.24, 2.45) is 0 Å². The van der Waals surface area contributed by atoms with Crippen molar-refractivity contribution in [3.05, 3.63) is 101 Å². The molecule has 0 fully saturated rings. The number of nitro groups is 3. The van der Waals surface area contributed by atoms with Gasteiger partial charge < -0.3 is 15.2 Å². The quantitative estimate of drug-likeness (QED) is 0.439. The van der Waals surface area contributed by atoms with Crippen molar-refractivity contribution < 1.29 is 30.0 Å². The number of benzene rings is 1. The van der Waals surface area contributed by atoms with Crippen molar-refractivity contribution in [3.8, 4) is 11.6 Å². The molecule has 0 aliphatic rings. The van der Waals surface area contributed by atoms with Crippen LogP contribution in [0.5, 0.6) is 11.6 Å². The van der Waals surface area contributed by atoms with Crippen LogP contribution < -0.4 is 15.6 Å². The van der Waals surface area contributed by atoms with Gasteiger partial charge in [-0.2, -0.15) is 4.98 Å². The van der Waals surface area contributed by atoms with Crippen LogP contribution in [0, 0.1) is 44.2 Å². The van der Waals surface area contributed by atoms with Gasteiger partial charge in [0.2, 0.25) is 5.56 Å². The predicted octanol–water partition coefficient (Wildman–Crippen LogP) is 1.68. The summed E-state index contributed by atoms with van der Waals surface area (Å²) in [4.78, 5) is 43.1. The lowest BCUT2D eigenvalue weighted by Gasteiger charge is -2.06. The number of nitrogens with one attached hydrogen (secondary N) is 2. The zero-order valence-corrected chi connectivity index (χ0v) is 16.7. The van der Waals surface area contributed by atoms with Crippen LogP contribution in [-0.4, -0.2) is 24.9 Å². The molecule has 3 N–H and O–H groups in total. The number of hydrogen-bond donors (Lipinski definition) is 2. The van der Waals surface area contributed by atoms with Crippen molar-refractivity contribution in [3.63, 3.8) is 0 Å². The van der Waals surface area contributed by atoms with E-state index in [4.69, 9.17) is 5.11 Å². The first-order chi connectivity index (χ1) is 14.9. The fraction of sp³-hybridized carbons (Fsp3) is 0.111. The fourth-order valence-electron chi connectivity index (χ4n) is 2.08. The van der Waals surface area contributed by atoms with Crippen LogP contribution in [0.2, 0.25) is 0 Å². The molecule has 2 aromatic heterocycles. The zero-order chi connectivity index (χ0) is 24.4. The van der Waals surface area contributed by atoms with Gasteiger partial charge in [-0.15, -0.1) is 0 Å². The summed E-state index contributed by atoms with van der Waals surface area (Å²) in [7, 11) is 0. The van der Waals surface area contributed by atoms with Gasteiger partial charge in [0, 0.05) is 18.3 Å². The van der Waals surface area contributed by atoms with Crippen molar-refractivity contribution in [2.75, 3.05) is 0 Å². The van der Waals surface area contributed by atoms with Gasteiger partial charge in [0.05, 0.1) is 38.7 Å². The van der Waals surface area contributed by atoms with Crippen LogP contribution in [0.15, 0.2) is 53.6 Å². The summed E-state index contributed by atoms with van der Waals surface area (Å²) in [5.41, 5.74) is -1.25. The van der Waals surface area contributed by atoms with Gasteiger partial charge in [0.25, 0.3) is 17.1 Å². The Morgan fingerprint density at radius 3 is 1.72 bits per heavy atom. The molecular weight excluding hydrogens is 430 g/mol. The van der Waals surface area contributed by atoms with E-state index in [1.165, 1.54) is 0 Å². The number of aromatic amines is 2. The van der Waals surface area contributed by atoms with E-state index in [1.54, 1.807) is 24.5 Å². The minimum Gasteiger partial charge on any atom is -0.863 e. The number of hydrogen-bond acceptors (Lipinski definition) is 9. The summed E-state index contributed by atoms with van der Waals surface area (Å²) < 4.78 is 0. The molecule has 0 aliphatic carbocycles. The van der Waals surface area contributed by atoms with Crippen LogP contribution >= 0.6 is 0 Å². The average Bonchev–Trinajstić information content (AvgIpc) is 2.68. The Morgan fingerprint density at radius 1 is 0.875 bits per heavy atom. The fourth-order valence-corrected chi connectivity index (χ4v) is 2.08. The highest BCUT2D eigenvalue weighted by atomic mass is 16.6. The number of aromatic nitrogens is 2. The number of nitrogens with zero attached hydrogens (tertiary/aromatic N) is 3. The standard InChI is InChI=1S/C6H3N3O7.2C6H7NO/c10-6-4(8(13)14)1-3(7(11)12)2-5(6)9(15)16;2*1-5-2-3-7-6(8)4-5/h1-2,10H;2*2-4H,1H3,(H,7,8). The highest BCUT2D eigenvalue weighted by Gasteiger charge is 2.24. The highest BCUT2D eigenvalue weighted by Crippen LogP contribution is 2.36. The third-order valence-corrected chi connectivity index (χ3v) is 3.51. The molecule has 2 heterocycles. The van der Waals surface area contributed by atoms with Crippen molar-refractivity contribution in [1.82, 2.24) is 4.98 Å². The monoisotopic (exact) mass is 447 g/mol. The van der Waals surface area contributed by atoms with Gasteiger partial charge in [-0.3, -0.25) is 35.1 Å². The van der Waals surface area contributed by atoms with Gasteiger partial charge in [0.15, 0.2) is 6.20 Å². The topological polar surface area (TPSA) is 220 Å². The van der Waals surface area contributed by atoms with Crippen molar-refractivity contribution >= 4 is 17.1 Å². The summed E-state index contributed by atoms with van der Waals surface area (Å²) in [5.74, 6) is -1.24. The van der Waals surface area contributed by atoms with E-state index in [1.807, 2.05) is 26.0 Å². The maximum Gasteiger partial charge on any atom is 0.363 e. The first-order valence-electron chi connectivity index (χ1n) is 8.53. The Hall–Kier alpha value is -4.88. The maximum absolute atomic E-state index is 11.1. The second-order valence-corrected chi connectivity index (χ2v) is 6.07.